The van der Waals surface area contributed by atoms with Gasteiger partial charge in [-0.1, -0.05) is 78.1 Å². The predicted octanol–water partition coefficient (Wildman–Crippen LogP) is 8.27. The lowest BCUT2D eigenvalue weighted by Crippen LogP contribution is -2.50. The van der Waals surface area contributed by atoms with Crippen molar-refractivity contribution < 1.29 is 14.3 Å². The molecule has 1 fully saturated rings. The van der Waals surface area contributed by atoms with Crippen LogP contribution in [0.1, 0.15) is 85.8 Å². The van der Waals surface area contributed by atoms with Crippen LogP contribution in [0.25, 0.3) is 0 Å². The van der Waals surface area contributed by atoms with Gasteiger partial charge in [-0.2, -0.15) is 0 Å². The number of amides is 2. The van der Waals surface area contributed by atoms with Gasteiger partial charge in [0.1, 0.15) is 5.60 Å². The minimum absolute atomic E-state index is 0.00363. The fraction of sp³-hybridized carbons (Fsp3) is 0.611. The molecule has 7 nitrogen and oxygen atoms in total. The first-order valence-corrected chi connectivity index (χ1v) is 17.2. The summed E-state index contributed by atoms with van der Waals surface area (Å²) in [6, 6.07) is 7.93. The Balaban J connectivity index is 0.00000220. The molecule has 9 heteroatoms. The molecule has 0 saturated carbocycles. The molecule has 0 radical (unpaired) electrons. The summed E-state index contributed by atoms with van der Waals surface area (Å²) >= 11 is 9.53. The maximum atomic E-state index is 12.9. The van der Waals surface area contributed by atoms with Crippen molar-refractivity contribution in [2.75, 3.05) is 26.0 Å². The van der Waals surface area contributed by atoms with Gasteiger partial charge in [0.25, 0.3) is 5.91 Å². The third-order valence-corrected chi connectivity index (χ3v) is 7.21. The van der Waals surface area contributed by atoms with E-state index < -0.39 is 11.7 Å². The average molecular weight is 668 g/mol. The standard InChI is InChI=1S/C30H44N4O3.C3H8.C2H6.CH2Cl2/c1-19(28(35)33(8)9)20(2)31-21(3)26-15-12-16-34(26)22(4)27(32-29(36)37-30(5,6)7)25-17-23-13-10-11-14-24(23)18-25;1-3-2;1-2;2-1-3/h10-11,13-14,20,25-27,31H,1,3-4,12,15-18H2,2,5-9H3,(H,32,36);3H2,1-2H3;1-2H3;1H2. The highest BCUT2D eigenvalue weighted by Gasteiger charge is 2.38. The van der Waals surface area contributed by atoms with Gasteiger partial charge in [0, 0.05) is 37.6 Å². The molecule has 3 unspecified atom stereocenters. The fourth-order valence-electron chi connectivity index (χ4n) is 5.32. The van der Waals surface area contributed by atoms with Crippen molar-refractivity contribution >= 4 is 35.2 Å². The lowest BCUT2D eigenvalue weighted by molar-refractivity contribution is -0.125. The van der Waals surface area contributed by atoms with Crippen molar-refractivity contribution in [3.05, 3.63) is 72.1 Å². The van der Waals surface area contributed by atoms with Crippen molar-refractivity contribution in [3.8, 4) is 0 Å². The van der Waals surface area contributed by atoms with E-state index in [0.717, 1.165) is 43.6 Å². The van der Waals surface area contributed by atoms with Gasteiger partial charge in [-0.05, 0) is 70.4 Å². The molecule has 1 aromatic carbocycles. The highest BCUT2D eigenvalue weighted by atomic mass is 35.5. The summed E-state index contributed by atoms with van der Waals surface area (Å²) in [5, 5.41) is 6.75. The number of fused-ring (bicyclic) bond motifs is 1. The zero-order valence-corrected chi connectivity index (χ0v) is 31.1. The number of likely N-dealkylation sites (tertiary alicyclic amines) is 1. The molecule has 3 atom stereocenters. The summed E-state index contributed by atoms with van der Waals surface area (Å²) in [6.07, 6.45) is 4.46. The van der Waals surface area contributed by atoms with E-state index in [2.05, 4.69) is 73.4 Å². The molecular weight excluding hydrogens is 607 g/mol. The molecular formula is C36H60Cl2N4O3. The molecule has 0 spiro atoms. The first kappa shape index (κ1) is 42.4. The van der Waals surface area contributed by atoms with Crippen molar-refractivity contribution in [3.63, 3.8) is 0 Å². The monoisotopic (exact) mass is 666 g/mol. The number of nitrogens with one attached hydrogen (secondary N) is 2. The van der Waals surface area contributed by atoms with E-state index in [9.17, 15) is 9.59 Å². The van der Waals surface area contributed by atoms with Crippen LogP contribution >= 0.6 is 23.2 Å². The summed E-state index contributed by atoms with van der Waals surface area (Å²) in [7, 11) is 3.44. The van der Waals surface area contributed by atoms with E-state index in [1.165, 1.54) is 22.4 Å². The van der Waals surface area contributed by atoms with Crippen LogP contribution in [-0.2, 0) is 22.4 Å². The minimum atomic E-state index is -0.592. The van der Waals surface area contributed by atoms with Gasteiger partial charge in [-0.15, -0.1) is 23.2 Å². The number of hydrogen-bond donors (Lipinski definition) is 2. The zero-order valence-electron chi connectivity index (χ0n) is 29.6. The van der Waals surface area contributed by atoms with Gasteiger partial charge in [0.15, 0.2) is 0 Å². The predicted molar refractivity (Wildman–Crippen MR) is 193 cm³/mol. The van der Waals surface area contributed by atoms with Gasteiger partial charge < -0.3 is 25.2 Å². The van der Waals surface area contributed by atoms with Crippen LogP contribution in [0.2, 0.25) is 0 Å². The lowest BCUT2D eigenvalue weighted by atomic mass is 9.93. The first-order chi connectivity index (χ1) is 21.1. The Morgan fingerprint density at radius 1 is 1.04 bits per heavy atom. The third-order valence-electron chi connectivity index (χ3n) is 7.21. The molecule has 1 aromatic rings. The molecule has 2 amide bonds. The highest BCUT2D eigenvalue weighted by molar-refractivity contribution is 6.40. The van der Waals surface area contributed by atoms with Crippen LogP contribution in [0.4, 0.5) is 4.79 Å². The topological polar surface area (TPSA) is 73.9 Å². The van der Waals surface area contributed by atoms with Crippen molar-refractivity contribution in [1.29, 1.82) is 0 Å². The van der Waals surface area contributed by atoms with Gasteiger partial charge in [-0.3, -0.25) is 4.79 Å². The van der Waals surface area contributed by atoms with Crippen LogP contribution in [0.15, 0.2) is 61.0 Å². The Morgan fingerprint density at radius 3 is 1.98 bits per heavy atom. The van der Waals surface area contributed by atoms with Gasteiger partial charge in [0.2, 0.25) is 0 Å². The molecule has 1 aliphatic heterocycles. The smallest absolute Gasteiger partial charge is 0.408 e. The normalized spacial score (nSPS) is 16.5. The average Bonchev–Trinajstić information content (AvgIpc) is 3.63. The number of alkyl carbamates (subject to hydrolysis) is 1. The number of hydrogen-bond acceptors (Lipinski definition) is 5. The maximum Gasteiger partial charge on any atom is 0.408 e. The quantitative estimate of drug-likeness (QED) is 0.205. The Hall–Kier alpha value is -2.64. The van der Waals surface area contributed by atoms with E-state index in [-0.39, 0.29) is 35.3 Å². The number of halogens is 2. The van der Waals surface area contributed by atoms with E-state index in [1.54, 1.807) is 14.1 Å². The van der Waals surface area contributed by atoms with Crippen LogP contribution in [0.3, 0.4) is 0 Å². The summed E-state index contributed by atoms with van der Waals surface area (Å²) in [5.41, 5.74) is 4.22. The maximum absolute atomic E-state index is 12.9. The highest BCUT2D eigenvalue weighted by Crippen LogP contribution is 2.35. The molecule has 0 aromatic heterocycles. The molecule has 0 bridgehead atoms. The summed E-state index contributed by atoms with van der Waals surface area (Å²) in [6.45, 7) is 29.4. The van der Waals surface area contributed by atoms with Crippen LogP contribution < -0.4 is 10.6 Å². The molecule has 45 heavy (non-hydrogen) atoms. The molecule has 1 saturated heterocycles. The van der Waals surface area contributed by atoms with E-state index in [0.29, 0.717) is 5.57 Å². The third kappa shape index (κ3) is 14.1. The van der Waals surface area contributed by atoms with E-state index >= 15 is 0 Å². The first-order valence-electron chi connectivity index (χ1n) is 16.1. The molecule has 1 aliphatic carbocycles. The largest absolute Gasteiger partial charge is 0.444 e. The van der Waals surface area contributed by atoms with Gasteiger partial charge in [-0.25, -0.2) is 4.79 Å². The Morgan fingerprint density at radius 2 is 1.53 bits per heavy atom. The molecule has 1 heterocycles. The molecule has 3 rings (SSSR count). The lowest BCUT2D eigenvalue weighted by Gasteiger charge is -2.38. The van der Waals surface area contributed by atoms with Crippen LogP contribution in [-0.4, -0.2) is 71.5 Å². The summed E-state index contributed by atoms with van der Waals surface area (Å²) < 4.78 is 5.63. The molecule has 2 aliphatic rings. The SMILES string of the molecule is C=C(C(=O)N(C)C)C(C)NC(=C)C1CCCN1C(=C)C(NC(=O)OC(C)(C)C)C1Cc2ccccc2C1.CC.CCC.ClCCl. The van der Waals surface area contributed by atoms with E-state index in [4.69, 9.17) is 27.9 Å². The molecule has 256 valence electrons. The van der Waals surface area contributed by atoms with Crippen molar-refractivity contribution in [2.45, 2.75) is 111 Å². The number of carbonyl (C=O) groups excluding carboxylic acids is 2. The Kier molecular flexibility index (Phi) is 20.0. The van der Waals surface area contributed by atoms with E-state index in [1.807, 2.05) is 41.5 Å². The number of carbonyl (C=O) groups is 2. The Labute approximate surface area is 284 Å². The molecule has 2 N–H and O–H groups in total. The van der Waals surface area contributed by atoms with Crippen LogP contribution in [0, 0.1) is 5.92 Å². The number of ether oxygens (including phenoxy) is 1. The number of likely N-dealkylation sites (N-methyl/N-ethyl adjacent to an activating group) is 1. The van der Waals surface area contributed by atoms with Crippen molar-refractivity contribution in [1.82, 2.24) is 20.4 Å². The Bertz CT molecular complexity index is 1070. The van der Waals surface area contributed by atoms with Crippen molar-refractivity contribution in [2.24, 2.45) is 5.92 Å². The number of nitrogens with zero attached hydrogens (tertiary/aromatic N) is 2. The van der Waals surface area contributed by atoms with Gasteiger partial charge in [0.05, 0.1) is 23.5 Å². The fourth-order valence-corrected chi connectivity index (χ4v) is 5.32. The summed E-state index contributed by atoms with van der Waals surface area (Å²) in [5.74, 6) is 0.0687. The second-order valence-electron chi connectivity index (χ2n) is 12.3. The van der Waals surface area contributed by atoms with Crippen LogP contribution in [0.5, 0.6) is 0 Å². The number of rotatable bonds is 9. The second-order valence-corrected chi connectivity index (χ2v) is 13.1. The summed E-state index contributed by atoms with van der Waals surface area (Å²) in [4.78, 5) is 29.1. The zero-order chi connectivity index (χ0) is 34.9. The number of benzene rings is 1. The van der Waals surface area contributed by atoms with Gasteiger partial charge >= 0.3 is 6.09 Å². The second kappa shape index (κ2) is 21.2. The number of alkyl halides is 2. The minimum Gasteiger partial charge on any atom is -0.444 e.